The van der Waals surface area contributed by atoms with Crippen molar-refractivity contribution in [1.29, 1.82) is 0 Å². The molecule has 1 aliphatic rings. The summed E-state index contributed by atoms with van der Waals surface area (Å²) in [6, 6.07) is -0.468. The molecule has 2 N–H and O–H groups in total. The van der Waals surface area contributed by atoms with Crippen molar-refractivity contribution in [3.8, 4) is 0 Å². The molecule has 1 aromatic heterocycles. The zero-order chi connectivity index (χ0) is 14.5. The second kappa shape index (κ2) is 6.40. The number of carbonyl (C=O) groups is 2. The molecule has 7 nitrogen and oxygen atoms in total. The number of piperidine rings is 1. The molecule has 1 aliphatic heterocycles. The van der Waals surface area contributed by atoms with Crippen LogP contribution in [0.15, 0.2) is 12.4 Å². The number of aromatic nitrogens is 2. The van der Waals surface area contributed by atoms with Crippen LogP contribution < -0.4 is 5.73 Å². The summed E-state index contributed by atoms with van der Waals surface area (Å²) in [6.45, 7) is 2.76. The number of nitrogen functional groups attached to an aromatic ring is 1. The van der Waals surface area contributed by atoms with E-state index in [2.05, 4.69) is 5.10 Å². The van der Waals surface area contributed by atoms with E-state index in [0.29, 0.717) is 25.3 Å². The fourth-order valence-electron chi connectivity index (χ4n) is 2.41. The maximum atomic E-state index is 12.3. The molecular formula is C13H20N4O3. The minimum absolute atomic E-state index is 0.0904. The largest absolute Gasteiger partial charge is 0.464 e. The van der Waals surface area contributed by atoms with E-state index < -0.39 is 6.04 Å². The fourth-order valence-corrected chi connectivity index (χ4v) is 2.41. The molecule has 1 amide bonds. The molecule has 1 atom stereocenters. The minimum atomic E-state index is -0.468. The van der Waals surface area contributed by atoms with Gasteiger partial charge in [0.1, 0.15) is 12.6 Å². The van der Waals surface area contributed by atoms with Crippen molar-refractivity contribution in [3.05, 3.63) is 12.4 Å². The van der Waals surface area contributed by atoms with Crippen LogP contribution >= 0.6 is 0 Å². The van der Waals surface area contributed by atoms with Crippen molar-refractivity contribution >= 4 is 17.6 Å². The summed E-state index contributed by atoms with van der Waals surface area (Å²) in [4.78, 5) is 25.8. The SMILES string of the molecule is CCOC(=O)C1CCCCN1C(=O)Cn1cc(N)cn1. The van der Waals surface area contributed by atoms with E-state index in [1.165, 1.54) is 10.9 Å². The number of carbonyl (C=O) groups excluding carboxylic acids is 2. The molecule has 2 rings (SSSR count). The average Bonchev–Trinajstić information content (AvgIpc) is 2.84. The summed E-state index contributed by atoms with van der Waals surface area (Å²) in [5.74, 6) is -0.452. The Labute approximate surface area is 117 Å². The van der Waals surface area contributed by atoms with Crippen LogP contribution in [-0.4, -0.2) is 45.8 Å². The number of nitrogens with zero attached hydrogens (tertiary/aromatic N) is 3. The summed E-state index contributed by atoms with van der Waals surface area (Å²) in [5, 5.41) is 3.98. The number of rotatable bonds is 4. The molecule has 7 heteroatoms. The third-order valence-corrected chi connectivity index (χ3v) is 3.33. The lowest BCUT2D eigenvalue weighted by atomic mass is 10.0. The Morgan fingerprint density at radius 3 is 2.95 bits per heavy atom. The number of anilines is 1. The van der Waals surface area contributed by atoms with E-state index in [9.17, 15) is 9.59 Å². The highest BCUT2D eigenvalue weighted by atomic mass is 16.5. The Hall–Kier alpha value is -2.05. The van der Waals surface area contributed by atoms with Crippen LogP contribution in [0.1, 0.15) is 26.2 Å². The highest BCUT2D eigenvalue weighted by Gasteiger charge is 2.33. The first-order valence-electron chi connectivity index (χ1n) is 6.86. The number of hydrogen-bond acceptors (Lipinski definition) is 5. The maximum absolute atomic E-state index is 12.3. The van der Waals surface area contributed by atoms with Gasteiger partial charge in [0.2, 0.25) is 5.91 Å². The Bertz CT molecular complexity index is 486. The molecule has 1 unspecified atom stereocenters. The molecule has 0 bridgehead atoms. The van der Waals surface area contributed by atoms with Gasteiger partial charge in [0.25, 0.3) is 0 Å². The van der Waals surface area contributed by atoms with Gasteiger partial charge in [-0.1, -0.05) is 0 Å². The Balaban J connectivity index is 2.03. The third-order valence-electron chi connectivity index (χ3n) is 3.33. The summed E-state index contributed by atoms with van der Waals surface area (Å²) >= 11 is 0. The molecule has 0 aromatic carbocycles. The van der Waals surface area contributed by atoms with Gasteiger partial charge in [-0.05, 0) is 26.2 Å². The van der Waals surface area contributed by atoms with Crippen LogP contribution in [0.4, 0.5) is 5.69 Å². The lowest BCUT2D eigenvalue weighted by molar-refractivity contribution is -0.156. The van der Waals surface area contributed by atoms with Crippen LogP contribution in [0.2, 0.25) is 0 Å². The lowest BCUT2D eigenvalue weighted by Gasteiger charge is -2.34. The minimum Gasteiger partial charge on any atom is -0.464 e. The second-order valence-corrected chi connectivity index (χ2v) is 4.82. The second-order valence-electron chi connectivity index (χ2n) is 4.82. The van der Waals surface area contributed by atoms with Crippen molar-refractivity contribution in [2.24, 2.45) is 0 Å². The molecule has 0 radical (unpaired) electrons. The zero-order valence-corrected chi connectivity index (χ0v) is 11.6. The first kappa shape index (κ1) is 14.4. The van der Waals surface area contributed by atoms with Crippen LogP contribution in [0, 0.1) is 0 Å². The molecule has 1 saturated heterocycles. The summed E-state index contributed by atoms with van der Waals surface area (Å²) in [7, 11) is 0. The van der Waals surface area contributed by atoms with Crippen LogP contribution in [0.5, 0.6) is 0 Å². The van der Waals surface area contributed by atoms with Crippen molar-refractivity contribution in [2.75, 3.05) is 18.9 Å². The number of amides is 1. The molecule has 110 valence electrons. The Morgan fingerprint density at radius 2 is 2.30 bits per heavy atom. The van der Waals surface area contributed by atoms with Crippen molar-refractivity contribution in [2.45, 2.75) is 38.8 Å². The molecular weight excluding hydrogens is 260 g/mol. The van der Waals surface area contributed by atoms with Gasteiger partial charge in [0.05, 0.1) is 18.5 Å². The van der Waals surface area contributed by atoms with Gasteiger partial charge in [0.15, 0.2) is 0 Å². The van der Waals surface area contributed by atoms with E-state index in [4.69, 9.17) is 10.5 Å². The van der Waals surface area contributed by atoms with Crippen LogP contribution in [-0.2, 0) is 20.9 Å². The molecule has 0 spiro atoms. The van der Waals surface area contributed by atoms with Gasteiger partial charge in [-0.2, -0.15) is 5.10 Å². The molecule has 0 aliphatic carbocycles. The number of esters is 1. The third kappa shape index (κ3) is 3.28. The highest BCUT2D eigenvalue weighted by Crippen LogP contribution is 2.19. The highest BCUT2D eigenvalue weighted by molar-refractivity contribution is 5.84. The molecule has 1 fully saturated rings. The number of hydrogen-bond donors (Lipinski definition) is 1. The van der Waals surface area contributed by atoms with Gasteiger partial charge in [-0.3, -0.25) is 9.48 Å². The average molecular weight is 280 g/mol. The lowest BCUT2D eigenvalue weighted by Crippen LogP contribution is -2.49. The standard InChI is InChI=1S/C13H20N4O3/c1-2-20-13(19)11-5-3-4-6-17(11)12(18)9-16-8-10(14)7-15-16/h7-8,11H,2-6,9,14H2,1H3. The summed E-state index contributed by atoms with van der Waals surface area (Å²) < 4.78 is 6.52. The Kier molecular flexibility index (Phi) is 4.60. The molecule has 1 aromatic rings. The van der Waals surface area contributed by atoms with E-state index in [1.807, 2.05) is 0 Å². The van der Waals surface area contributed by atoms with Gasteiger partial charge in [-0.25, -0.2) is 4.79 Å². The maximum Gasteiger partial charge on any atom is 0.328 e. The summed E-state index contributed by atoms with van der Waals surface area (Å²) in [6.07, 6.45) is 5.59. The smallest absolute Gasteiger partial charge is 0.328 e. The number of nitrogens with two attached hydrogens (primary N) is 1. The molecule has 0 saturated carbocycles. The predicted octanol–water partition coefficient (Wildman–Crippen LogP) is 0.409. The van der Waals surface area contributed by atoms with Crippen LogP contribution in [0.3, 0.4) is 0 Å². The van der Waals surface area contributed by atoms with E-state index in [0.717, 1.165) is 12.8 Å². The Morgan fingerprint density at radius 1 is 1.50 bits per heavy atom. The predicted molar refractivity (Wildman–Crippen MR) is 72.6 cm³/mol. The first-order chi connectivity index (χ1) is 9.61. The zero-order valence-electron chi connectivity index (χ0n) is 11.6. The quantitative estimate of drug-likeness (QED) is 0.807. The number of ether oxygens (including phenoxy) is 1. The summed E-state index contributed by atoms with van der Waals surface area (Å²) in [5.41, 5.74) is 6.08. The normalized spacial score (nSPS) is 18.9. The van der Waals surface area contributed by atoms with Gasteiger partial charge < -0.3 is 15.4 Å². The van der Waals surface area contributed by atoms with Gasteiger partial charge in [-0.15, -0.1) is 0 Å². The van der Waals surface area contributed by atoms with Gasteiger partial charge in [0, 0.05) is 12.7 Å². The first-order valence-corrected chi connectivity index (χ1v) is 6.86. The monoisotopic (exact) mass is 280 g/mol. The number of likely N-dealkylation sites (tertiary alicyclic amines) is 1. The van der Waals surface area contributed by atoms with Gasteiger partial charge >= 0.3 is 5.97 Å². The van der Waals surface area contributed by atoms with E-state index >= 15 is 0 Å². The van der Waals surface area contributed by atoms with Crippen molar-refractivity contribution in [1.82, 2.24) is 14.7 Å². The fraction of sp³-hybridized carbons (Fsp3) is 0.615. The van der Waals surface area contributed by atoms with E-state index in [1.54, 1.807) is 18.0 Å². The van der Waals surface area contributed by atoms with E-state index in [-0.39, 0.29) is 18.4 Å². The molecule has 20 heavy (non-hydrogen) atoms. The topological polar surface area (TPSA) is 90.5 Å². The van der Waals surface area contributed by atoms with Crippen molar-refractivity contribution < 1.29 is 14.3 Å². The molecule has 2 heterocycles. The van der Waals surface area contributed by atoms with Crippen molar-refractivity contribution in [3.63, 3.8) is 0 Å². The van der Waals surface area contributed by atoms with Crippen LogP contribution in [0.25, 0.3) is 0 Å².